The summed E-state index contributed by atoms with van der Waals surface area (Å²) in [6.45, 7) is 3.09. The normalized spacial score (nSPS) is 23.0. The van der Waals surface area contributed by atoms with Crippen molar-refractivity contribution in [2.45, 2.75) is 49.3 Å². The molecule has 0 aromatic carbocycles. The van der Waals surface area contributed by atoms with Crippen LogP contribution in [0.5, 0.6) is 0 Å². The van der Waals surface area contributed by atoms with Gasteiger partial charge in [-0.25, -0.2) is 13.1 Å². The zero-order valence-electron chi connectivity index (χ0n) is 11.7. The van der Waals surface area contributed by atoms with E-state index in [9.17, 15) is 8.42 Å². The van der Waals surface area contributed by atoms with Crippen molar-refractivity contribution in [1.82, 2.24) is 4.72 Å². The monoisotopic (exact) mass is 395 g/mol. The summed E-state index contributed by atoms with van der Waals surface area (Å²) < 4.78 is 39.9. The third kappa shape index (κ3) is 3.35. The predicted molar refractivity (Wildman–Crippen MR) is 84.0 cm³/mol. The van der Waals surface area contributed by atoms with Crippen molar-refractivity contribution in [2.24, 2.45) is 0 Å². The van der Waals surface area contributed by atoms with Crippen molar-refractivity contribution in [2.75, 3.05) is 13.2 Å². The first-order valence-corrected chi connectivity index (χ1v) is 10.1. The molecule has 2 heterocycles. The number of rotatable bonds is 3. The van der Waals surface area contributed by atoms with Crippen LogP contribution in [-0.4, -0.2) is 33.5 Å². The smallest absolute Gasteiger partial charge is 0.241 e. The summed E-state index contributed by atoms with van der Waals surface area (Å²) in [4.78, 5) is 1.16. The first kappa shape index (κ1) is 15.9. The molecule has 1 N–H and O–H groups in total. The van der Waals surface area contributed by atoms with Gasteiger partial charge in [-0.05, 0) is 41.8 Å². The first-order chi connectivity index (χ1) is 9.90. The van der Waals surface area contributed by atoms with Gasteiger partial charge in [0.25, 0.3) is 0 Å². The molecule has 0 bridgehead atoms. The summed E-state index contributed by atoms with van der Waals surface area (Å²) in [5, 5.41) is 0. The first-order valence-electron chi connectivity index (χ1n) is 6.96. The fourth-order valence-corrected chi connectivity index (χ4v) is 6.66. The van der Waals surface area contributed by atoms with E-state index < -0.39 is 15.8 Å². The standard InChI is InChI=1S/C13H18BrNO4S2/c1-9-11(8-12(14)20-9)21(16,17)15-10-2-4-13(5-3-10)18-6-7-19-13/h8,10,15H,2-7H2,1H3. The summed E-state index contributed by atoms with van der Waals surface area (Å²) >= 11 is 4.77. The number of sulfonamides is 1. The van der Waals surface area contributed by atoms with Gasteiger partial charge >= 0.3 is 0 Å². The minimum absolute atomic E-state index is 0.0495. The third-order valence-corrected chi connectivity index (χ3v) is 7.34. The van der Waals surface area contributed by atoms with Crippen LogP contribution < -0.4 is 4.72 Å². The lowest BCUT2D eigenvalue weighted by Crippen LogP contribution is -2.43. The fourth-order valence-electron chi connectivity index (χ4n) is 2.94. The molecule has 118 valence electrons. The van der Waals surface area contributed by atoms with Gasteiger partial charge < -0.3 is 9.47 Å². The van der Waals surface area contributed by atoms with Crippen LogP contribution in [0, 0.1) is 6.92 Å². The van der Waals surface area contributed by atoms with Crippen molar-refractivity contribution in [3.63, 3.8) is 0 Å². The zero-order valence-corrected chi connectivity index (χ0v) is 14.9. The Bertz CT molecular complexity index is 612. The number of nitrogens with one attached hydrogen (secondary N) is 1. The Morgan fingerprint density at radius 2 is 1.95 bits per heavy atom. The largest absolute Gasteiger partial charge is 0.348 e. The van der Waals surface area contributed by atoms with Gasteiger partial charge in [0.15, 0.2) is 5.79 Å². The molecular formula is C13H18BrNO4S2. The maximum Gasteiger partial charge on any atom is 0.241 e. The van der Waals surface area contributed by atoms with E-state index in [-0.39, 0.29) is 6.04 Å². The average molecular weight is 396 g/mol. The molecule has 1 aliphatic heterocycles. The van der Waals surface area contributed by atoms with Crippen LogP contribution in [-0.2, 0) is 19.5 Å². The number of ether oxygens (including phenoxy) is 2. The Morgan fingerprint density at radius 3 is 2.48 bits per heavy atom. The molecule has 0 unspecified atom stereocenters. The van der Waals surface area contributed by atoms with E-state index in [0.717, 1.165) is 34.3 Å². The Labute approximate surface area is 137 Å². The lowest BCUT2D eigenvalue weighted by atomic mass is 9.91. The maximum absolute atomic E-state index is 12.5. The van der Waals surface area contributed by atoms with Gasteiger partial charge in [-0.15, -0.1) is 11.3 Å². The van der Waals surface area contributed by atoms with Gasteiger partial charge in [0.05, 0.1) is 21.9 Å². The molecule has 1 aliphatic carbocycles. The van der Waals surface area contributed by atoms with E-state index in [0.29, 0.717) is 18.1 Å². The van der Waals surface area contributed by atoms with Crippen LogP contribution in [0.1, 0.15) is 30.6 Å². The van der Waals surface area contributed by atoms with Gasteiger partial charge in [-0.3, -0.25) is 0 Å². The zero-order chi connectivity index (χ0) is 15.1. The van der Waals surface area contributed by atoms with Gasteiger partial charge in [-0.1, -0.05) is 0 Å². The van der Waals surface area contributed by atoms with Crippen molar-refractivity contribution in [3.8, 4) is 0 Å². The van der Waals surface area contributed by atoms with Gasteiger partial charge in [0.2, 0.25) is 10.0 Å². The van der Waals surface area contributed by atoms with E-state index in [2.05, 4.69) is 20.7 Å². The summed E-state index contributed by atoms with van der Waals surface area (Å²) in [5.41, 5.74) is 0. The molecule has 1 aromatic rings. The van der Waals surface area contributed by atoms with Crippen LogP contribution >= 0.6 is 27.3 Å². The van der Waals surface area contributed by atoms with Crippen LogP contribution in [0.3, 0.4) is 0 Å². The Hall–Kier alpha value is 0.01000. The predicted octanol–water partition coefficient (Wildman–Crippen LogP) is 2.78. The van der Waals surface area contributed by atoms with Crippen LogP contribution in [0.15, 0.2) is 14.7 Å². The molecule has 21 heavy (non-hydrogen) atoms. The molecule has 8 heteroatoms. The molecule has 1 aromatic heterocycles. The number of halogens is 1. The third-order valence-electron chi connectivity index (χ3n) is 4.01. The lowest BCUT2D eigenvalue weighted by molar-refractivity contribution is -0.178. The lowest BCUT2D eigenvalue weighted by Gasteiger charge is -2.35. The highest BCUT2D eigenvalue weighted by Crippen LogP contribution is 2.36. The van der Waals surface area contributed by atoms with Gasteiger partial charge in [0.1, 0.15) is 0 Å². The minimum Gasteiger partial charge on any atom is -0.348 e. The summed E-state index contributed by atoms with van der Waals surface area (Å²) in [5.74, 6) is -0.455. The molecule has 3 rings (SSSR count). The van der Waals surface area contributed by atoms with Crippen molar-refractivity contribution >= 4 is 37.3 Å². The van der Waals surface area contributed by atoms with Crippen molar-refractivity contribution in [3.05, 3.63) is 14.7 Å². The van der Waals surface area contributed by atoms with Crippen molar-refractivity contribution < 1.29 is 17.9 Å². The molecule has 2 aliphatic rings. The van der Waals surface area contributed by atoms with E-state index in [1.54, 1.807) is 6.07 Å². The topological polar surface area (TPSA) is 64.6 Å². The summed E-state index contributed by atoms with van der Waals surface area (Å²) in [7, 11) is -3.46. The van der Waals surface area contributed by atoms with Gasteiger partial charge in [-0.2, -0.15) is 0 Å². The number of hydrogen-bond acceptors (Lipinski definition) is 5. The Balaban J connectivity index is 1.66. The van der Waals surface area contributed by atoms with Crippen LogP contribution in [0.2, 0.25) is 0 Å². The van der Waals surface area contributed by atoms with E-state index >= 15 is 0 Å². The van der Waals surface area contributed by atoms with Crippen LogP contribution in [0.4, 0.5) is 0 Å². The van der Waals surface area contributed by atoms with Gasteiger partial charge in [0, 0.05) is 23.8 Å². The summed E-state index contributed by atoms with van der Waals surface area (Å²) in [6, 6.07) is 1.61. The quantitative estimate of drug-likeness (QED) is 0.854. The second kappa shape index (κ2) is 5.90. The molecule has 2 fully saturated rings. The molecule has 1 saturated carbocycles. The Morgan fingerprint density at radius 1 is 1.33 bits per heavy atom. The molecule has 1 spiro atoms. The second-order valence-electron chi connectivity index (χ2n) is 5.47. The van der Waals surface area contributed by atoms with Crippen molar-refractivity contribution in [1.29, 1.82) is 0 Å². The molecule has 0 radical (unpaired) electrons. The summed E-state index contributed by atoms with van der Waals surface area (Å²) in [6.07, 6.45) is 2.96. The molecule has 5 nitrogen and oxygen atoms in total. The molecule has 0 amide bonds. The number of hydrogen-bond donors (Lipinski definition) is 1. The molecule has 1 saturated heterocycles. The second-order valence-corrected chi connectivity index (χ2v) is 9.79. The highest BCUT2D eigenvalue weighted by atomic mass is 79.9. The molecular weight excluding hydrogens is 378 g/mol. The minimum atomic E-state index is -3.46. The van der Waals surface area contributed by atoms with E-state index in [1.165, 1.54) is 11.3 Å². The van der Waals surface area contributed by atoms with E-state index in [1.807, 2.05) is 6.92 Å². The molecule has 0 atom stereocenters. The fraction of sp³-hybridized carbons (Fsp3) is 0.692. The Kier molecular flexibility index (Phi) is 4.46. The SMILES string of the molecule is Cc1sc(Br)cc1S(=O)(=O)NC1CCC2(CC1)OCCO2. The van der Waals surface area contributed by atoms with Crippen LogP contribution in [0.25, 0.3) is 0 Å². The average Bonchev–Trinajstić information content (AvgIpc) is 3.00. The highest BCUT2D eigenvalue weighted by molar-refractivity contribution is 9.11. The maximum atomic E-state index is 12.5. The highest BCUT2D eigenvalue weighted by Gasteiger charge is 2.41. The number of aryl methyl sites for hydroxylation is 1. The number of thiophene rings is 1. The van der Waals surface area contributed by atoms with E-state index in [4.69, 9.17) is 9.47 Å².